The molecular formula is C8H16BrNO. The smallest absolute Gasteiger partial charge is 0.0620 e. The van der Waals surface area contributed by atoms with E-state index in [9.17, 15) is 0 Å². The molecule has 1 fully saturated rings. The molecule has 0 aliphatic carbocycles. The lowest BCUT2D eigenvalue weighted by molar-refractivity contribution is 0.190. The van der Waals surface area contributed by atoms with E-state index < -0.39 is 0 Å². The first-order valence-electron chi connectivity index (χ1n) is 4.30. The van der Waals surface area contributed by atoms with E-state index >= 15 is 0 Å². The van der Waals surface area contributed by atoms with Gasteiger partial charge < -0.3 is 10.1 Å². The van der Waals surface area contributed by atoms with Gasteiger partial charge in [-0.3, -0.25) is 0 Å². The summed E-state index contributed by atoms with van der Waals surface area (Å²) in [5.41, 5.74) is 0. The molecule has 11 heavy (non-hydrogen) atoms. The number of ether oxygens (including phenoxy) is 1. The normalized spacial score (nSPS) is 24.3. The van der Waals surface area contributed by atoms with E-state index in [0.717, 1.165) is 25.1 Å². The molecule has 1 unspecified atom stereocenters. The largest absolute Gasteiger partial charge is 0.380 e. The molecule has 1 aliphatic heterocycles. The van der Waals surface area contributed by atoms with Crippen molar-refractivity contribution >= 4 is 15.9 Å². The highest BCUT2D eigenvalue weighted by molar-refractivity contribution is 9.09. The highest BCUT2D eigenvalue weighted by Crippen LogP contribution is 2.03. The molecule has 0 spiro atoms. The predicted octanol–water partition coefficient (Wildman–Crippen LogP) is 1.54. The Bertz CT molecular complexity index is 94.1. The molecule has 2 nitrogen and oxygen atoms in total. The summed E-state index contributed by atoms with van der Waals surface area (Å²) in [5, 5.41) is 4.59. The molecule has 1 aliphatic rings. The van der Waals surface area contributed by atoms with E-state index in [1.54, 1.807) is 0 Å². The van der Waals surface area contributed by atoms with Crippen molar-refractivity contribution in [3.05, 3.63) is 0 Å². The van der Waals surface area contributed by atoms with E-state index in [1.807, 2.05) is 0 Å². The second-order valence-corrected chi connectivity index (χ2v) is 3.70. The van der Waals surface area contributed by atoms with Gasteiger partial charge in [-0.25, -0.2) is 0 Å². The fraction of sp³-hybridized carbons (Fsp3) is 1.00. The van der Waals surface area contributed by atoms with Gasteiger partial charge in [0, 0.05) is 18.0 Å². The van der Waals surface area contributed by atoms with Crippen LogP contribution in [0.4, 0.5) is 0 Å². The van der Waals surface area contributed by atoms with Crippen molar-refractivity contribution in [2.24, 2.45) is 0 Å². The van der Waals surface area contributed by atoms with Crippen LogP contribution in [0.5, 0.6) is 0 Å². The average Bonchev–Trinajstić information content (AvgIpc) is 2.50. The number of unbranched alkanes of at least 4 members (excludes halogenated alkanes) is 1. The van der Waals surface area contributed by atoms with Crippen LogP contribution < -0.4 is 5.32 Å². The fourth-order valence-electron chi connectivity index (χ4n) is 1.22. The van der Waals surface area contributed by atoms with Gasteiger partial charge in [-0.15, -0.1) is 0 Å². The first-order valence-corrected chi connectivity index (χ1v) is 5.42. The van der Waals surface area contributed by atoms with Crippen LogP contribution in [0, 0.1) is 0 Å². The maximum atomic E-state index is 5.24. The second-order valence-electron chi connectivity index (χ2n) is 2.91. The molecule has 1 rings (SSSR count). The molecule has 0 aromatic carbocycles. The minimum Gasteiger partial charge on any atom is -0.380 e. The Hall–Kier alpha value is 0.400. The average molecular weight is 222 g/mol. The molecule has 66 valence electrons. The third-order valence-corrected chi connectivity index (χ3v) is 2.48. The van der Waals surface area contributed by atoms with Crippen molar-refractivity contribution in [3.63, 3.8) is 0 Å². The molecule has 3 heteroatoms. The minimum atomic E-state index is 0.630. The summed E-state index contributed by atoms with van der Waals surface area (Å²) < 4.78 is 5.24. The Morgan fingerprint density at radius 2 is 2.36 bits per heavy atom. The lowest BCUT2D eigenvalue weighted by atomic mass is 10.2. The fourth-order valence-corrected chi connectivity index (χ4v) is 1.62. The first-order chi connectivity index (χ1) is 5.43. The van der Waals surface area contributed by atoms with Gasteiger partial charge in [0.25, 0.3) is 0 Å². The van der Waals surface area contributed by atoms with Gasteiger partial charge in [-0.2, -0.15) is 0 Å². The van der Waals surface area contributed by atoms with E-state index in [0.29, 0.717) is 6.04 Å². The molecule has 0 radical (unpaired) electrons. The molecule has 0 aromatic rings. The summed E-state index contributed by atoms with van der Waals surface area (Å²) in [5.74, 6) is 0. The molecule has 0 aromatic heterocycles. The Kier molecular flexibility index (Phi) is 5.15. The first kappa shape index (κ1) is 9.49. The summed E-state index contributed by atoms with van der Waals surface area (Å²) in [7, 11) is 0. The third kappa shape index (κ3) is 4.09. The maximum absolute atomic E-state index is 5.24. The number of alkyl halides is 1. The highest BCUT2D eigenvalue weighted by Gasteiger charge is 2.13. The Labute approximate surface area is 76.8 Å². The van der Waals surface area contributed by atoms with Crippen LogP contribution in [0.2, 0.25) is 0 Å². The molecule has 1 N–H and O–H groups in total. The Balaban J connectivity index is 1.86. The van der Waals surface area contributed by atoms with Crippen LogP contribution in [-0.4, -0.2) is 31.1 Å². The number of nitrogens with one attached hydrogen (secondary N) is 1. The molecular weight excluding hydrogens is 206 g/mol. The van der Waals surface area contributed by atoms with Crippen LogP contribution in [-0.2, 0) is 4.74 Å². The third-order valence-electron chi connectivity index (χ3n) is 1.92. The van der Waals surface area contributed by atoms with Gasteiger partial charge in [0.2, 0.25) is 0 Å². The summed E-state index contributed by atoms with van der Waals surface area (Å²) >= 11 is 3.41. The quantitative estimate of drug-likeness (QED) is 0.562. The van der Waals surface area contributed by atoms with E-state index in [4.69, 9.17) is 4.74 Å². The van der Waals surface area contributed by atoms with Crippen LogP contribution in [0.25, 0.3) is 0 Å². The highest BCUT2D eigenvalue weighted by atomic mass is 79.9. The number of rotatable bonds is 5. The van der Waals surface area contributed by atoms with Gasteiger partial charge in [0.15, 0.2) is 0 Å². The number of hydrogen-bond acceptors (Lipinski definition) is 2. The summed E-state index contributed by atoms with van der Waals surface area (Å²) in [6.45, 7) is 2.99. The van der Waals surface area contributed by atoms with Crippen LogP contribution in [0.3, 0.4) is 0 Å². The SMILES string of the molecule is BrCCCCNC1CCOC1. The van der Waals surface area contributed by atoms with Gasteiger partial charge in [0.05, 0.1) is 6.61 Å². The van der Waals surface area contributed by atoms with Crippen molar-refractivity contribution in [1.29, 1.82) is 0 Å². The molecule has 1 saturated heterocycles. The topological polar surface area (TPSA) is 21.3 Å². The molecule has 0 bridgehead atoms. The van der Waals surface area contributed by atoms with E-state index in [1.165, 1.54) is 19.3 Å². The monoisotopic (exact) mass is 221 g/mol. The van der Waals surface area contributed by atoms with Crippen LogP contribution >= 0.6 is 15.9 Å². The van der Waals surface area contributed by atoms with Crippen LogP contribution in [0.1, 0.15) is 19.3 Å². The van der Waals surface area contributed by atoms with Crippen molar-refractivity contribution < 1.29 is 4.74 Å². The Morgan fingerprint density at radius 1 is 1.45 bits per heavy atom. The van der Waals surface area contributed by atoms with Gasteiger partial charge in [-0.1, -0.05) is 15.9 Å². The van der Waals surface area contributed by atoms with Crippen LogP contribution in [0.15, 0.2) is 0 Å². The van der Waals surface area contributed by atoms with Gasteiger partial charge in [0.1, 0.15) is 0 Å². The molecule has 1 atom stereocenters. The van der Waals surface area contributed by atoms with E-state index in [-0.39, 0.29) is 0 Å². The summed E-state index contributed by atoms with van der Waals surface area (Å²) in [6, 6.07) is 0.630. The van der Waals surface area contributed by atoms with Crippen molar-refractivity contribution in [2.45, 2.75) is 25.3 Å². The second kappa shape index (κ2) is 5.98. The van der Waals surface area contributed by atoms with Crippen molar-refractivity contribution in [1.82, 2.24) is 5.32 Å². The van der Waals surface area contributed by atoms with Gasteiger partial charge in [-0.05, 0) is 25.8 Å². The number of hydrogen-bond donors (Lipinski definition) is 1. The van der Waals surface area contributed by atoms with E-state index in [2.05, 4.69) is 21.2 Å². The molecule has 0 amide bonds. The zero-order valence-corrected chi connectivity index (χ0v) is 8.40. The lowest BCUT2D eigenvalue weighted by Gasteiger charge is -2.08. The summed E-state index contributed by atoms with van der Waals surface area (Å²) in [4.78, 5) is 0. The predicted molar refractivity (Wildman–Crippen MR) is 50.3 cm³/mol. The standard InChI is InChI=1S/C8H16BrNO/c9-4-1-2-5-10-8-3-6-11-7-8/h8,10H,1-7H2. The molecule has 0 saturated carbocycles. The van der Waals surface area contributed by atoms with Crippen molar-refractivity contribution in [2.75, 3.05) is 25.1 Å². The van der Waals surface area contributed by atoms with Gasteiger partial charge >= 0.3 is 0 Å². The number of halogens is 1. The zero-order valence-electron chi connectivity index (χ0n) is 6.81. The van der Waals surface area contributed by atoms with Crippen molar-refractivity contribution in [3.8, 4) is 0 Å². The Morgan fingerprint density at radius 3 is 3.00 bits per heavy atom. The maximum Gasteiger partial charge on any atom is 0.0620 e. The lowest BCUT2D eigenvalue weighted by Crippen LogP contribution is -2.29. The minimum absolute atomic E-state index is 0.630. The summed E-state index contributed by atoms with van der Waals surface area (Å²) in [6.07, 6.45) is 3.72. The zero-order chi connectivity index (χ0) is 7.94. The molecule has 1 heterocycles.